The van der Waals surface area contributed by atoms with E-state index in [9.17, 15) is 4.79 Å². The van der Waals surface area contributed by atoms with Gasteiger partial charge in [0, 0.05) is 29.0 Å². The second kappa shape index (κ2) is 15.7. The fourth-order valence-corrected chi connectivity index (χ4v) is 3.72. The third kappa shape index (κ3) is 10.6. The standard InChI is InChI=1S/C18H28O.C15H17NO/c1-7-17(11-8-13(2)3)16(6)19-18-12-14(4)9-10-15(18)5;1-5-6-9-16-12(3)14-8-7-11(2)10-15(14)13(4)17/h9-10,12-13,17H,6-8,11H2,1-5H3;5-10H,1H2,2-4H3/b;9-6-,16-12?. The highest BCUT2D eigenvalue weighted by Crippen LogP contribution is 2.27. The molecule has 0 amide bonds. The monoisotopic (exact) mass is 487 g/mol. The number of allylic oxidation sites excluding steroid dienone is 3. The van der Waals surface area contributed by atoms with E-state index in [1.807, 2.05) is 32.0 Å². The van der Waals surface area contributed by atoms with Crippen LogP contribution in [0.2, 0.25) is 0 Å². The first-order valence-electron chi connectivity index (χ1n) is 12.9. The second-order valence-electron chi connectivity index (χ2n) is 9.81. The van der Waals surface area contributed by atoms with Crippen LogP contribution in [0.5, 0.6) is 5.75 Å². The molecule has 0 saturated heterocycles. The number of hydrogen-bond donors (Lipinski definition) is 0. The normalized spacial score (nSPS) is 12.2. The topological polar surface area (TPSA) is 38.7 Å². The summed E-state index contributed by atoms with van der Waals surface area (Å²) in [5.74, 6) is 3.13. The number of ketones is 1. The fourth-order valence-electron chi connectivity index (χ4n) is 3.72. The predicted octanol–water partition coefficient (Wildman–Crippen LogP) is 9.36. The van der Waals surface area contributed by atoms with Crippen LogP contribution in [0.25, 0.3) is 0 Å². The van der Waals surface area contributed by atoms with Gasteiger partial charge >= 0.3 is 0 Å². The van der Waals surface area contributed by atoms with Crippen LogP contribution in [0, 0.1) is 32.6 Å². The minimum atomic E-state index is 0.0611. The molecule has 1 unspecified atom stereocenters. The van der Waals surface area contributed by atoms with Crippen LogP contribution in [0.1, 0.15) is 86.5 Å². The van der Waals surface area contributed by atoms with Crippen LogP contribution in [0.15, 0.2) is 78.7 Å². The van der Waals surface area contributed by atoms with Crippen LogP contribution in [0.3, 0.4) is 0 Å². The van der Waals surface area contributed by atoms with Crippen LogP contribution in [0.4, 0.5) is 0 Å². The summed E-state index contributed by atoms with van der Waals surface area (Å²) >= 11 is 0. The zero-order valence-corrected chi connectivity index (χ0v) is 23.7. The van der Waals surface area contributed by atoms with Gasteiger partial charge in [0.25, 0.3) is 0 Å². The molecular weight excluding hydrogens is 442 g/mol. The van der Waals surface area contributed by atoms with Crippen molar-refractivity contribution in [2.75, 3.05) is 0 Å². The lowest BCUT2D eigenvalue weighted by Crippen LogP contribution is -2.10. The Morgan fingerprint density at radius 2 is 1.64 bits per heavy atom. The van der Waals surface area contributed by atoms with Crippen molar-refractivity contribution in [1.29, 1.82) is 0 Å². The third-order valence-electron chi connectivity index (χ3n) is 6.06. The molecule has 1 atom stereocenters. The Kier molecular flexibility index (Phi) is 13.5. The molecule has 0 saturated carbocycles. The van der Waals surface area contributed by atoms with Gasteiger partial charge in [-0.05, 0) is 82.7 Å². The Hall–Kier alpha value is -3.20. The van der Waals surface area contributed by atoms with Gasteiger partial charge in [0.2, 0.25) is 0 Å². The van der Waals surface area contributed by atoms with Crippen molar-refractivity contribution in [3.05, 3.63) is 101 Å². The van der Waals surface area contributed by atoms with Crippen LogP contribution in [-0.2, 0) is 0 Å². The van der Waals surface area contributed by atoms with Gasteiger partial charge < -0.3 is 4.74 Å². The molecule has 0 aromatic heterocycles. The Morgan fingerprint density at radius 1 is 1.00 bits per heavy atom. The highest BCUT2D eigenvalue weighted by Gasteiger charge is 2.14. The van der Waals surface area contributed by atoms with E-state index in [-0.39, 0.29) is 5.78 Å². The Labute approximate surface area is 219 Å². The van der Waals surface area contributed by atoms with Gasteiger partial charge in [-0.1, -0.05) is 76.3 Å². The van der Waals surface area contributed by atoms with Gasteiger partial charge in [-0.15, -0.1) is 0 Å². The van der Waals surface area contributed by atoms with Gasteiger partial charge in [0.1, 0.15) is 5.75 Å². The molecule has 2 aromatic rings. The maximum absolute atomic E-state index is 11.6. The van der Waals surface area contributed by atoms with E-state index in [0.717, 1.165) is 52.7 Å². The SMILES string of the molecule is C=C(Oc1cc(C)ccc1C)C(CC)CCC(C)C.C=C/C=C\N=C(C)c1ccc(C)cc1C(C)=O. The molecular formula is C33H45NO2. The van der Waals surface area contributed by atoms with E-state index in [4.69, 9.17) is 4.74 Å². The van der Waals surface area contributed by atoms with Gasteiger partial charge in [-0.3, -0.25) is 9.79 Å². The molecule has 0 bridgehead atoms. The molecule has 0 aliphatic heterocycles. The maximum Gasteiger partial charge on any atom is 0.160 e. The van der Waals surface area contributed by atoms with Gasteiger partial charge in [-0.2, -0.15) is 0 Å². The minimum absolute atomic E-state index is 0.0611. The zero-order chi connectivity index (χ0) is 27.3. The molecule has 0 aliphatic carbocycles. The van der Waals surface area contributed by atoms with E-state index in [2.05, 4.69) is 71.0 Å². The molecule has 3 nitrogen and oxygen atoms in total. The summed E-state index contributed by atoms with van der Waals surface area (Å²) in [5.41, 5.74) is 5.91. The van der Waals surface area contributed by atoms with E-state index < -0.39 is 0 Å². The minimum Gasteiger partial charge on any atom is -0.462 e. The van der Waals surface area contributed by atoms with Crippen molar-refractivity contribution in [2.45, 2.75) is 74.7 Å². The number of aryl methyl sites for hydroxylation is 3. The summed E-state index contributed by atoms with van der Waals surface area (Å²) < 4.78 is 6.02. The number of aliphatic imine (C=N–C) groups is 1. The Bertz CT molecular complexity index is 1090. The van der Waals surface area contributed by atoms with E-state index in [1.165, 1.54) is 17.5 Å². The predicted molar refractivity (Wildman–Crippen MR) is 156 cm³/mol. The maximum atomic E-state index is 11.6. The summed E-state index contributed by atoms with van der Waals surface area (Å²) in [6.07, 6.45) is 8.58. The average Bonchev–Trinajstić information content (AvgIpc) is 2.82. The van der Waals surface area contributed by atoms with Crippen molar-refractivity contribution < 1.29 is 9.53 Å². The van der Waals surface area contributed by atoms with Crippen molar-refractivity contribution >= 4 is 11.5 Å². The van der Waals surface area contributed by atoms with E-state index >= 15 is 0 Å². The number of hydrogen-bond acceptors (Lipinski definition) is 3. The molecule has 0 aliphatic rings. The molecule has 0 spiro atoms. The first-order chi connectivity index (χ1) is 17.0. The van der Waals surface area contributed by atoms with E-state index in [0.29, 0.717) is 5.92 Å². The number of carbonyl (C=O) groups excluding carboxylic acids is 1. The first-order valence-corrected chi connectivity index (χ1v) is 12.9. The fraction of sp³-hybridized carbons (Fsp3) is 0.394. The lowest BCUT2D eigenvalue weighted by atomic mass is 9.94. The lowest BCUT2D eigenvalue weighted by molar-refractivity contribution is 0.101. The Morgan fingerprint density at radius 3 is 2.22 bits per heavy atom. The highest BCUT2D eigenvalue weighted by molar-refractivity contribution is 6.09. The number of benzene rings is 2. The summed E-state index contributed by atoms with van der Waals surface area (Å²) in [6.45, 7) is 24.1. The number of Topliss-reactive ketones (excluding diaryl/α,β-unsaturated/α-hetero) is 1. The van der Waals surface area contributed by atoms with E-state index in [1.54, 1.807) is 25.3 Å². The number of ether oxygens (including phenoxy) is 1. The van der Waals surface area contributed by atoms with Crippen LogP contribution < -0.4 is 4.74 Å². The van der Waals surface area contributed by atoms with Crippen molar-refractivity contribution in [3.8, 4) is 5.75 Å². The van der Waals surface area contributed by atoms with Gasteiger partial charge in [-0.25, -0.2) is 0 Å². The van der Waals surface area contributed by atoms with Crippen molar-refractivity contribution in [2.24, 2.45) is 16.8 Å². The number of nitrogens with zero attached hydrogens (tertiary/aromatic N) is 1. The lowest BCUT2D eigenvalue weighted by Gasteiger charge is -2.20. The molecule has 3 heteroatoms. The molecule has 194 valence electrons. The quantitative estimate of drug-likeness (QED) is 0.137. The molecule has 0 fully saturated rings. The van der Waals surface area contributed by atoms with Crippen molar-refractivity contribution in [1.82, 2.24) is 0 Å². The third-order valence-corrected chi connectivity index (χ3v) is 6.06. The largest absolute Gasteiger partial charge is 0.462 e. The van der Waals surface area contributed by atoms with Gasteiger partial charge in [0.05, 0.1) is 5.76 Å². The van der Waals surface area contributed by atoms with Crippen LogP contribution >= 0.6 is 0 Å². The van der Waals surface area contributed by atoms with Crippen molar-refractivity contribution in [3.63, 3.8) is 0 Å². The molecule has 36 heavy (non-hydrogen) atoms. The summed E-state index contributed by atoms with van der Waals surface area (Å²) in [7, 11) is 0. The summed E-state index contributed by atoms with van der Waals surface area (Å²) in [4.78, 5) is 15.8. The molecule has 0 radical (unpaired) electrons. The summed E-state index contributed by atoms with van der Waals surface area (Å²) in [5, 5.41) is 0. The number of carbonyl (C=O) groups is 1. The smallest absolute Gasteiger partial charge is 0.160 e. The Balaban J connectivity index is 0.000000362. The molecule has 0 heterocycles. The highest BCUT2D eigenvalue weighted by atomic mass is 16.5. The number of rotatable bonds is 11. The van der Waals surface area contributed by atoms with Crippen LogP contribution in [-0.4, -0.2) is 11.5 Å². The average molecular weight is 488 g/mol. The summed E-state index contributed by atoms with van der Waals surface area (Å²) in [6, 6.07) is 12.1. The molecule has 2 rings (SSSR count). The molecule has 2 aromatic carbocycles. The zero-order valence-electron chi connectivity index (χ0n) is 23.7. The van der Waals surface area contributed by atoms with Gasteiger partial charge in [0.15, 0.2) is 5.78 Å². The second-order valence-corrected chi connectivity index (χ2v) is 9.81. The first kappa shape index (κ1) is 30.8. The molecule has 0 N–H and O–H groups in total.